The van der Waals surface area contributed by atoms with Gasteiger partial charge in [0.05, 0.1) is 0 Å². The predicted molar refractivity (Wildman–Crippen MR) is 82.3 cm³/mol. The summed E-state index contributed by atoms with van der Waals surface area (Å²) in [6.07, 6.45) is 8.02. The Morgan fingerprint density at radius 2 is 2.06 bits per heavy atom. The zero-order valence-electron chi connectivity index (χ0n) is 12.2. The van der Waals surface area contributed by atoms with Gasteiger partial charge >= 0.3 is 0 Å². The molecular formula is C15H28N2S. The maximum Gasteiger partial charge on any atom is 0.156 e. The summed E-state index contributed by atoms with van der Waals surface area (Å²) in [7, 11) is 0. The maximum atomic E-state index is 4.84. The summed E-state index contributed by atoms with van der Waals surface area (Å²) >= 11 is 1.91. The molecule has 2 rings (SSSR count). The largest absolute Gasteiger partial charge is 0.360 e. The number of amidine groups is 1. The van der Waals surface area contributed by atoms with E-state index < -0.39 is 0 Å². The molecule has 0 aromatic rings. The fourth-order valence-electron chi connectivity index (χ4n) is 2.80. The van der Waals surface area contributed by atoms with Crippen LogP contribution in [0.4, 0.5) is 0 Å². The Morgan fingerprint density at radius 3 is 2.72 bits per heavy atom. The Bertz CT molecular complexity index is 295. The van der Waals surface area contributed by atoms with Gasteiger partial charge in [0, 0.05) is 17.8 Å². The Hall–Kier alpha value is -0.180. The molecule has 2 nitrogen and oxygen atoms in total. The molecule has 1 aliphatic heterocycles. The predicted octanol–water partition coefficient (Wildman–Crippen LogP) is 4.06. The average molecular weight is 268 g/mol. The first kappa shape index (κ1) is 14.2. The number of rotatable bonds is 3. The summed E-state index contributed by atoms with van der Waals surface area (Å²) in [5.74, 6) is 3.00. The minimum Gasteiger partial charge on any atom is -0.360 e. The SMILES string of the molecule is CCC1(C)CCSC(=NCC2CCC(C)CC2)N1. The second kappa shape index (κ2) is 6.31. The summed E-state index contributed by atoms with van der Waals surface area (Å²) in [4.78, 5) is 4.84. The fourth-order valence-corrected chi connectivity index (χ4v) is 4.03. The molecule has 1 saturated heterocycles. The molecule has 2 aliphatic rings. The fraction of sp³-hybridized carbons (Fsp3) is 0.933. The van der Waals surface area contributed by atoms with Crippen LogP contribution >= 0.6 is 11.8 Å². The van der Waals surface area contributed by atoms with Crippen molar-refractivity contribution in [2.75, 3.05) is 12.3 Å². The van der Waals surface area contributed by atoms with Gasteiger partial charge in [-0.05, 0) is 44.4 Å². The Morgan fingerprint density at radius 1 is 1.33 bits per heavy atom. The van der Waals surface area contributed by atoms with Gasteiger partial charge in [-0.1, -0.05) is 38.5 Å². The lowest BCUT2D eigenvalue weighted by atomic mass is 9.83. The van der Waals surface area contributed by atoms with Gasteiger partial charge in [0.1, 0.15) is 0 Å². The monoisotopic (exact) mass is 268 g/mol. The third-order valence-corrected chi connectivity index (χ3v) is 5.62. The molecule has 0 aromatic heterocycles. The molecule has 0 aromatic carbocycles. The number of aliphatic imine (C=N–C) groups is 1. The molecule has 1 N–H and O–H groups in total. The number of hydrogen-bond donors (Lipinski definition) is 1. The first-order valence-corrected chi connectivity index (χ1v) is 8.55. The Kier molecular flexibility index (Phi) is 4.99. The molecule has 0 bridgehead atoms. The van der Waals surface area contributed by atoms with Gasteiger partial charge in [0.2, 0.25) is 0 Å². The highest BCUT2D eigenvalue weighted by Gasteiger charge is 2.27. The van der Waals surface area contributed by atoms with E-state index in [1.807, 2.05) is 11.8 Å². The minimum absolute atomic E-state index is 0.283. The summed E-state index contributed by atoms with van der Waals surface area (Å²) in [5, 5.41) is 4.84. The Balaban J connectivity index is 1.82. The third kappa shape index (κ3) is 3.91. The van der Waals surface area contributed by atoms with Gasteiger partial charge < -0.3 is 5.32 Å². The zero-order valence-corrected chi connectivity index (χ0v) is 13.0. The number of thioether (sulfide) groups is 1. The number of hydrogen-bond acceptors (Lipinski definition) is 2. The van der Waals surface area contributed by atoms with Crippen LogP contribution in [-0.2, 0) is 0 Å². The molecule has 1 heterocycles. The van der Waals surface area contributed by atoms with Crippen molar-refractivity contribution in [1.29, 1.82) is 0 Å². The molecule has 1 aliphatic carbocycles. The van der Waals surface area contributed by atoms with Crippen molar-refractivity contribution in [2.45, 2.75) is 64.8 Å². The normalized spacial score (nSPS) is 39.6. The van der Waals surface area contributed by atoms with Crippen LogP contribution in [0.5, 0.6) is 0 Å². The molecule has 18 heavy (non-hydrogen) atoms. The van der Waals surface area contributed by atoms with E-state index in [-0.39, 0.29) is 5.54 Å². The van der Waals surface area contributed by atoms with E-state index in [9.17, 15) is 0 Å². The zero-order chi connectivity index (χ0) is 13.0. The van der Waals surface area contributed by atoms with Gasteiger partial charge in [-0.15, -0.1) is 0 Å². The summed E-state index contributed by atoms with van der Waals surface area (Å²) in [5.41, 5.74) is 0.283. The van der Waals surface area contributed by atoms with E-state index in [0.717, 1.165) is 18.4 Å². The van der Waals surface area contributed by atoms with Crippen LogP contribution in [0.1, 0.15) is 59.3 Å². The second-order valence-corrected chi connectivity index (χ2v) is 7.49. The van der Waals surface area contributed by atoms with Crippen molar-refractivity contribution < 1.29 is 0 Å². The molecule has 1 saturated carbocycles. The average Bonchev–Trinajstić information content (AvgIpc) is 2.38. The lowest BCUT2D eigenvalue weighted by Crippen LogP contribution is -2.48. The molecule has 104 valence electrons. The quantitative estimate of drug-likeness (QED) is 0.834. The van der Waals surface area contributed by atoms with Crippen LogP contribution < -0.4 is 5.32 Å². The van der Waals surface area contributed by atoms with Gasteiger partial charge in [0.15, 0.2) is 5.17 Å². The van der Waals surface area contributed by atoms with Crippen LogP contribution in [0.3, 0.4) is 0 Å². The van der Waals surface area contributed by atoms with Crippen molar-refractivity contribution in [2.24, 2.45) is 16.8 Å². The first-order chi connectivity index (χ1) is 8.61. The van der Waals surface area contributed by atoms with E-state index in [2.05, 4.69) is 26.1 Å². The number of nitrogens with one attached hydrogen (secondary N) is 1. The molecule has 3 heteroatoms. The van der Waals surface area contributed by atoms with Crippen LogP contribution in [-0.4, -0.2) is 23.0 Å². The Labute approximate surface area is 116 Å². The molecule has 0 spiro atoms. The van der Waals surface area contributed by atoms with Crippen LogP contribution in [0, 0.1) is 11.8 Å². The molecular weight excluding hydrogens is 240 g/mol. The van der Waals surface area contributed by atoms with Gasteiger partial charge in [-0.3, -0.25) is 4.99 Å². The van der Waals surface area contributed by atoms with Crippen molar-refractivity contribution in [3.8, 4) is 0 Å². The van der Waals surface area contributed by atoms with Crippen molar-refractivity contribution in [1.82, 2.24) is 5.32 Å². The first-order valence-electron chi connectivity index (χ1n) is 7.57. The topological polar surface area (TPSA) is 24.4 Å². The van der Waals surface area contributed by atoms with Crippen LogP contribution in [0.15, 0.2) is 4.99 Å². The van der Waals surface area contributed by atoms with Gasteiger partial charge in [0.25, 0.3) is 0 Å². The molecule has 1 unspecified atom stereocenters. The highest BCUT2D eigenvalue weighted by Crippen LogP contribution is 2.29. The standard InChI is InChI=1S/C15H28N2S/c1-4-15(3)9-10-18-14(17-15)16-11-13-7-5-12(2)6-8-13/h12-13H,4-11H2,1-3H3,(H,16,17). The smallest absolute Gasteiger partial charge is 0.156 e. The minimum atomic E-state index is 0.283. The van der Waals surface area contributed by atoms with E-state index in [1.54, 1.807) is 0 Å². The lowest BCUT2D eigenvalue weighted by Gasteiger charge is -2.35. The van der Waals surface area contributed by atoms with E-state index in [1.165, 1.54) is 49.4 Å². The molecule has 0 radical (unpaired) electrons. The summed E-state index contributed by atoms with van der Waals surface area (Å²) < 4.78 is 0. The maximum absolute atomic E-state index is 4.84. The van der Waals surface area contributed by atoms with Crippen LogP contribution in [0.25, 0.3) is 0 Å². The van der Waals surface area contributed by atoms with E-state index in [4.69, 9.17) is 4.99 Å². The molecule has 1 atom stereocenters. The molecule has 2 fully saturated rings. The van der Waals surface area contributed by atoms with Crippen LogP contribution in [0.2, 0.25) is 0 Å². The van der Waals surface area contributed by atoms with Crippen molar-refractivity contribution in [3.63, 3.8) is 0 Å². The molecule has 0 amide bonds. The van der Waals surface area contributed by atoms with E-state index >= 15 is 0 Å². The van der Waals surface area contributed by atoms with Crippen molar-refractivity contribution in [3.05, 3.63) is 0 Å². The highest BCUT2D eigenvalue weighted by atomic mass is 32.2. The summed E-state index contributed by atoms with van der Waals surface area (Å²) in [6, 6.07) is 0. The lowest BCUT2D eigenvalue weighted by molar-refractivity contribution is 0.296. The van der Waals surface area contributed by atoms with Gasteiger partial charge in [-0.25, -0.2) is 0 Å². The number of nitrogens with zero attached hydrogens (tertiary/aromatic N) is 1. The van der Waals surface area contributed by atoms with E-state index in [0.29, 0.717) is 0 Å². The van der Waals surface area contributed by atoms with Crippen molar-refractivity contribution >= 4 is 16.9 Å². The highest BCUT2D eigenvalue weighted by molar-refractivity contribution is 8.13. The summed E-state index contributed by atoms with van der Waals surface area (Å²) in [6.45, 7) is 8.02. The second-order valence-electron chi connectivity index (χ2n) is 6.41. The third-order valence-electron chi connectivity index (χ3n) is 4.71. The van der Waals surface area contributed by atoms with Gasteiger partial charge in [-0.2, -0.15) is 0 Å².